The molecule has 4 rings (SSSR count). The van der Waals surface area contributed by atoms with Crippen LogP contribution >= 0.6 is 0 Å². The summed E-state index contributed by atoms with van der Waals surface area (Å²) >= 11 is 0. The summed E-state index contributed by atoms with van der Waals surface area (Å²) in [5.74, 6) is 3.63. The molecule has 3 aromatic carbocycles. The van der Waals surface area contributed by atoms with Gasteiger partial charge in [0.2, 0.25) is 5.79 Å². The molecule has 4 atom stereocenters. The van der Waals surface area contributed by atoms with Crippen LogP contribution in [-0.4, -0.2) is 74.2 Å². The van der Waals surface area contributed by atoms with Crippen molar-refractivity contribution < 1.29 is 44.6 Å². The van der Waals surface area contributed by atoms with Crippen molar-refractivity contribution in [3.63, 3.8) is 0 Å². The molecular weight excluding hydrogens is 578 g/mol. The van der Waals surface area contributed by atoms with Crippen LogP contribution in [0.15, 0.2) is 66.7 Å². The van der Waals surface area contributed by atoms with E-state index in [4.69, 9.17) is 14.6 Å². The predicted octanol–water partition coefficient (Wildman–Crippen LogP) is 2.68. The third-order valence-electron chi connectivity index (χ3n) is 7.38. The van der Waals surface area contributed by atoms with Crippen molar-refractivity contribution >= 4 is 17.6 Å². The lowest BCUT2D eigenvalue weighted by Crippen LogP contribution is -2.52. The van der Waals surface area contributed by atoms with Gasteiger partial charge in [0.05, 0.1) is 13.2 Å². The number of carbonyl (C=O) groups excluding carboxylic acids is 2. The van der Waals surface area contributed by atoms with Crippen molar-refractivity contribution in [1.82, 2.24) is 0 Å². The van der Waals surface area contributed by atoms with Gasteiger partial charge in [-0.2, -0.15) is 0 Å². The highest BCUT2D eigenvalue weighted by atomic mass is 16.7. The van der Waals surface area contributed by atoms with Gasteiger partial charge >= 0.3 is 5.97 Å². The number of benzene rings is 3. The molecule has 4 unspecified atom stereocenters. The van der Waals surface area contributed by atoms with Crippen LogP contribution in [0.5, 0.6) is 5.75 Å². The Morgan fingerprint density at radius 1 is 0.867 bits per heavy atom. The van der Waals surface area contributed by atoms with Gasteiger partial charge in [-0.1, -0.05) is 49.5 Å². The van der Waals surface area contributed by atoms with Crippen LogP contribution in [0.25, 0.3) is 0 Å². The van der Waals surface area contributed by atoms with Crippen molar-refractivity contribution in [2.45, 2.75) is 76.8 Å². The van der Waals surface area contributed by atoms with Gasteiger partial charge in [-0.15, -0.1) is 0 Å². The monoisotopic (exact) mass is 617 g/mol. The number of anilines is 1. The zero-order valence-electron chi connectivity index (χ0n) is 25.5. The Balaban J connectivity index is 1.59. The van der Waals surface area contributed by atoms with E-state index >= 15 is 0 Å². The first-order valence-corrected chi connectivity index (χ1v) is 14.8. The topological polar surface area (TPSA) is 157 Å². The number of aliphatic hydroxyl groups excluding tert-OH is 5. The number of aliphatic hydroxyl groups is 5. The largest absolute Gasteiger partial charge is 0.452 e. The number of amides is 1. The fourth-order valence-electron chi connectivity index (χ4n) is 4.78. The summed E-state index contributed by atoms with van der Waals surface area (Å²) < 4.78 is 11.0. The van der Waals surface area contributed by atoms with Crippen LogP contribution in [0, 0.1) is 11.8 Å². The highest BCUT2D eigenvalue weighted by molar-refractivity contribution is 6.00. The first-order chi connectivity index (χ1) is 21.4. The number of nitrogens with zero attached hydrogens (tertiary/aromatic N) is 1. The van der Waals surface area contributed by atoms with E-state index in [1.165, 1.54) is 23.8 Å². The van der Waals surface area contributed by atoms with E-state index in [0.29, 0.717) is 5.56 Å². The van der Waals surface area contributed by atoms with Crippen LogP contribution in [0.4, 0.5) is 5.69 Å². The second-order valence-corrected chi connectivity index (χ2v) is 11.4. The van der Waals surface area contributed by atoms with Gasteiger partial charge in [0, 0.05) is 30.7 Å². The molecule has 10 heteroatoms. The lowest BCUT2D eigenvalue weighted by Gasteiger charge is -2.33. The van der Waals surface area contributed by atoms with Crippen LogP contribution in [0.1, 0.15) is 66.2 Å². The minimum Gasteiger partial charge on any atom is -0.452 e. The SMILES string of the molecule is CCCCc1ccc(C#Cc2ccc(CN(C(=O)C(O)C(O)C(O)C(O)CO)c3ccc4c(c3)C(=O)OC(C)(C)O4)cc2)cc1. The average molecular weight is 618 g/mol. The quantitative estimate of drug-likeness (QED) is 0.161. The van der Waals surface area contributed by atoms with Gasteiger partial charge in [-0.3, -0.25) is 4.79 Å². The highest BCUT2D eigenvalue weighted by Gasteiger charge is 2.38. The zero-order valence-corrected chi connectivity index (χ0v) is 25.5. The van der Waals surface area contributed by atoms with Crippen LogP contribution in [0.2, 0.25) is 0 Å². The van der Waals surface area contributed by atoms with E-state index in [1.807, 2.05) is 12.1 Å². The molecule has 238 valence electrons. The molecule has 1 amide bonds. The number of esters is 1. The Morgan fingerprint density at radius 2 is 1.47 bits per heavy atom. The molecule has 0 radical (unpaired) electrons. The molecule has 1 aliphatic heterocycles. The van der Waals surface area contributed by atoms with E-state index < -0.39 is 48.7 Å². The van der Waals surface area contributed by atoms with Crippen molar-refractivity contribution in [3.8, 4) is 17.6 Å². The molecule has 45 heavy (non-hydrogen) atoms. The number of hydrogen-bond acceptors (Lipinski definition) is 9. The summed E-state index contributed by atoms with van der Waals surface area (Å²) in [6.45, 7) is 4.33. The molecule has 1 heterocycles. The Hall–Kier alpha value is -4.24. The normalized spacial score (nSPS) is 16.1. The number of ether oxygens (including phenoxy) is 2. The Labute approximate surface area is 262 Å². The van der Waals surface area contributed by atoms with Gasteiger partial charge in [0.25, 0.3) is 5.91 Å². The summed E-state index contributed by atoms with van der Waals surface area (Å²) in [4.78, 5) is 27.4. The summed E-state index contributed by atoms with van der Waals surface area (Å²) in [6.07, 6.45) is -4.78. The summed E-state index contributed by atoms with van der Waals surface area (Å²) in [5.41, 5.74) is 3.75. The van der Waals surface area contributed by atoms with E-state index in [-0.39, 0.29) is 23.5 Å². The number of rotatable bonds is 11. The molecule has 0 aromatic heterocycles. The number of cyclic esters (lactones) is 1. The molecule has 0 saturated heterocycles. The highest BCUT2D eigenvalue weighted by Crippen LogP contribution is 2.34. The van der Waals surface area contributed by atoms with Gasteiger partial charge < -0.3 is 39.9 Å². The Kier molecular flexibility index (Phi) is 11.0. The maximum absolute atomic E-state index is 13.6. The predicted molar refractivity (Wildman–Crippen MR) is 166 cm³/mol. The molecule has 3 aromatic rings. The van der Waals surface area contributed by atoms with Gasteiger partial charge in [0.1, 0.15) is 29.6 Å². The first kappa shape index (κ1) is 33.6. The Bertz CT molecular complexity index is 1540. The smallest absolute Gasteiger partial charge is 0.345 e. The van der Waals surface area contributed by atoms with Crippen molar-refractivity contribution in [3.05, 3.63) is 94.5 Å². The lowest BCUT2D eigenvalue weighted by molar-refractivity contribution is -0.146. The van der Waals surface area contributed by atoms with Crippen molar-refractivity contribution in [2.24, 2.45) is 0 Å². The van der Waals surface area contributed by atoms with E-state index in [0.717, 1.165) is 35.3 Å². The number of fused-ring (bicyclic) bond motifs is 1. The lowest BCUT2D eigenvalue weighted by atomic mass is 10.0. The van der Waals surface area contributed by atoms with Crippen LogP contribution in [0.3, 0.4) is 0 Å². The van der Waals surface area contributed by atoms with Crippen molar-refractivity contribution in [1.29, 1.82) is 0 Å². The first-order valence-electron chi connectivity index (χ1n) is 14.8. The summed E-state index contributed by atoms with van der Waals surface area (Å²) in [6, 6.07) is 19.6. The fourth-order valence-corrected chi connectivity index (χ4v) is 4.78. The molecule has 1 aliphatic rings. The number of aryl methyl sites for hydroxylation is 1. The Morgan fingerprint density at radius 3 is 2.04 bits per heavy atom. The second kappa shape index (κ2) is 14.7. The van der Waals surface area contributed by atoms with E-state index in [1.54, 1.807) is 38.1 Å². The van der Waals surface area contributed by atoms with Gasteiger partial charge in [-0.05, 0) is 66.4 Å². The molecular formula is C35H39NO9. The molecule has 0 bridgehead atoms. The van der Waals surface area contributed by atoms with Crippen LogP contribution in [-0.2, 0) is 22.5 Å². The molecule has 5 N–H and O–H groups in total. The summed E-state index contributed by atoms with van der Waals surface area (Å²) in [5, 5.41) is 50.1. The summed E-state index contributed by atoms with van der Waals surface area (Å²) in [7, 11) is 0. The second-order valence-electron chi connectivity index (χ2n) is 11.4. The molecule has 0 fully saturated rings. The third kappa shape index (κ3) is 8.48. The molecule has 10 nitrogen and oxygen atoms in total. The maximum Gasteiger partial charge on any atom is 0.345 e. The number of hydrogen-bond donors (Lipinski definition) is 5. The third-order valence-corrected chi connectivity index (χ3v) is 7.38. The fraction of sp³-hybridized carbons (Fsp3) is 0.371. The van der Waals surface area contributed by atoms with Gasteiger partial charge in [-0.25, -0.2) is 4.79 Å². The van der Waals surface area contributed by atoms with E-state index in [2.05, 4.69) is 30.9 Å². The maximum atomic E-state index is 13.6. The minimum atomic E-state index is -2.18. The molecule has 0 saturated carbocycles. The average Bonchev–Trinajstić information content (AvgIpc) is 3.04. The molecule has 0 aliphatic carbocycles. The number of carbonyl (C=O) groups is 2. The standard InChI is InChI=1S/C35H39NO9/c1-4-5-6-22-7-9-23(10-8-22)11-12-24-13-15-25(16-14-24)20-36(33(42)32(41)31(40)30(39)28(38)21-37)26-17-18-29-27(19-26)34(43)45-35(2,3)44-29/h7-10,13-19,28,30-32,37-41H,4-6,20-21H2,1-3H3. The van der Waals surface area contributed by atoms with Crippen LogP contribution < -0.4 is 9.64 Å². The van der Waals surface area contributed by atoms with Crippen molar-refractivity contribution in [2.75, 3.05) is 11.5 Å². The minimum absolute atomic E-state index is 0.0550. The zero-order chi connectivity index (χ0) is 32.7. The molecule has 0 spiro atoms. The van der Waals surface area contributed by atoms with E-state index in [9.17, 15) is 30.0 Å². The van der Waals surface area contributed by atoms with Gasteiger partial charge in [0.15, 0.2) is 6.10 Å². The number of unbranched alkanes of at least 4 members (excludes halogenated alkanes) is 1.